The molecular weight excluding hydrogens is 248 g/mol. The molecule has 1 aromatic rings. The monoisotopic (exact) mass is 274 g/mol. The second-order valence-corrected chi connectivity index (χ2v) is 6.55. The van der Waals surface area contributed by atoms with Gasteiger partial charge in [0.15, 0.2) is 0 Å². The molecule has 0 aliphatic carbocycles. The Morgan fingerprint density at radius 3 is 2.05 bits per heavy atom. The van der Waals surface area contributed by atoms with Crippen LogP contribution in [0.2, 0.25) is 0 Å². The molecule has 3 heterocycles. The van der Waals surface area contributed by atoms with Crippen LogP contribution in [0.25, 0.3) is 0 Å². The minimum absolute atomic E-state index is 0.845. The van der Waals surface area contributed by atoms with Gasteiger partial charge in [0.1, 0.15) is 5.82 Å². The van der Waals surface area contributed by atoms with Crippen LogP contribution in [-0.2, 0) is 0 Å². The molecule has 0 N–H and O–H groups in total. The number of hydrogen-bond acceptors (Lipinski definition) is 4. The van der Waals surface area contributed by atoms with Crippen molar-refractivity contribution in [2.75, 3.05) is 36.0 Å². The third kappa shape index (κ3) is 3.05. The summed E-state index contributed by atoms with van der Waals surface area (Å²) in [5, 5.41) is 0. The minimum atomic E-state index is 0.845. The van der Waals surface area contributed by atoms with E-state index in [4.69, 9.17) is 4.98 Å². The number of nitrogens with zero attached hydrogens (tertiary/aromatic N) is 4. The van der Waals surface area contributed by atoms with Gasteiger partial charge in [-0.25, -0.2) is 4.98 Å². The Morgan fingerprint density at radius 1 is 0.900 bits per heavy atom. The Bertz CT molecular complexity index is 395. The molecule has 1 aromatic heterocycles. The van der Waals surface area contributed by atoms with Crippen LogP contribution in [0.4, 0.5) is 11.8 Å². The second kappa shape index (κ2) is 5.98. The molecule has 0 radical (unpaired) electrons. The first-order valence-electron chi connectivity index (χ1n) is 8.05. The molecule has 4 nitrogen and oxygen atoms in total. The number of anilines is 2. The van der Waals surface area contributed by atoms with Crippen LogP contribution < -0.4 is 9.80 Å². The van der Waals surface area contributed by atoms with Crippen molar-refractivity contribution in [1.29, 1.82) is 0 Å². The predicted octanol–water partition coefficient (Wildman–Crippen LogP) is 2.95. The van der Waals surface area contributed by atoms with E-state index in [0.717, 1.165) is 49.8 Å². The van der Waals surface area contributed by atoms with Crippen molar-refractivity contribution in [2.45, 2.75) is 39.5 Å². The van der Waals surface area contributed by atoms with Crippen molar-refractivity contribution in [3.8, 4) is 0 Å². The minimum Gasteiger partial charge on any atom is -0.356 e. The summed E-state index contributed by atoms with van der Waals surface area (Å²) in [5.74, 6) is 3.74. The van der Waals surface area contributed by atoms with Crippen molar-refractivity contribution in [1.82, 2.24) is 9.97 Å². The topological polar surface area (TPSA) is 32.3 Å². The van der Waals surface area contributed by atoms with E-state index in [1.165, 1.54) is 25.7 Å². The summed E-state index contributed by atoms with van der Waals surface area (Å²) in [6.45, 7) is 9.15. The second-order valence-electron chi connectivity index (χ2n) is 6.55. The van der Waals surface area contributed by atoms with Crippen LogP contribution in [0.5, 0.6) is 0 Å². The lowest BCUT2D eigenvalue weighted by molar-refractivity contribution is 0.431. The summed E-state index contributed by atoms with van der Waals surface area (Å²) in [7, 11) is 0. The van der Waals surface area contributed by atoms with Crippen LogP contribution >= 0.6 is 0 Å². The third-order valence-corrected chi connectivity index (χ3v) is 4.80. The molecule has 2 saturated heterocycles. The molecule has 0 amide bonds. The fourth-order valence-electron chi connectivity index (χ4n) is 3.11. The lowest BCUT2D eigenvalue weighted by Crippen LogP contribution is -2.36. The van der Waals surface area contributed by atoms with Crippen molar-refractivity contribution < 1.29 is 0 Å². The van der Waals surface area contributed by atoms with E-state index < -0.39 is 0 Å². The fraction of sp³-hybridized carbons (Fsp3) is 0.750. The molecule has 0 unspecified atom stereocenters. The SMILES string of the molecule is CC1CCN(c2ccnc(N3CCC(C)CC3)n2)CC1. The molecule has 0 bridgehead atoms. The molecule has 3 rings (SSSR count). The fourth-order valence-corrected chi connectivity index (χ4v) is 3.11. The van der Waals surface area contributed by atoms with Gasteiger partial charge in [0.05, 0.1) is 0 Å². The Morgan fingerprint density at radius 2 is 1.45 bits per heavy atom. The van der Waals surface area contributed by atoms with Gasteiger partial charge in [-0.1, -0.05) is 13.8 Å². The maximum absolute atomic E-state index is 4.81. The first-order chi connectivity index (χ1) is 9.72. The lowest BCUT2D eigenvalue weighted by atomic mass is 9.99. The largest absolute Gasteiger partial charge is 0.356 e. The summed E-state index contributed by atoms with van der Waals surface area (Å²) < 4.78 is 0. The first kappa shape index (κ1) is 13.7. The van der Waals surface area contributed by atoms with Crippen molar-refractivity contribution in [3.05, 3.63) is 12.3 Å². The van der Waals surface area contributed by atoms with Gasteiger partial charge in [-0.2, -0.15) is 4.98 Å². The summed E-state index contributed by atoms with van der Waals surface area (Å²) in [4.78, 5) is 14.1. The van der Waals surface area contributed by atoms with Gasteiger partial charge < -0.3 is 9.80 Å². The van der Waals surface area contributed by atoms with Crippen molar-refractivity contribution in [3.63, 3.8) is 0 Å². The number of piperidine rings is 2. The molecule has 0 saturated carbocycles. The van der Waals surface area contributed by atoms with Gasteiger partial charge in [-0.05, 0) is 43.6 Å². The molecule has 2 aliphatic rings. The van der Waals surface area contributed by atoms with E-state index in [0.29, 0.717) is 0 Å². The summed E-state index contributed by atoms with van der Waals surface area (Å²) in [6, 6.07) is 2.06. The van der Waals surface area contributed by atoms with Crippen LogP contribution in [0, 0.1) is 11.8 Å². The summed E-state index contributed by atoms with van der Waals surface area (Å²) in [6.07, 6.45) is 7.00. The smallest absolute Gasteiger partial charge is 0.227 e. The molecule has 20 heavy (non-hydrogen) atoms. The normalized spacial score (nSPS) is 22.3. The van der Waals surface area contributed by atoms with Crippen molar-refractivity contribution in [2.24, 2.45) is 11.8 Å². The number of hydrogen-bond donors (Lipinski definition) is 0. The molecular formula is C16H26N4. The van der Waals surface area contributed by atoms with Crippen LogP contribution in [0.1, 0.15) is 39.5 Å². The summed E-state index contributed by atoms with van der Waals surface area (Å²) in [5.41, 5.74) is 0. The van der Waals surface area contributed by atoms with Gasteiger partial charge in [-0.15, -0.1) is 0 Å². The van der Waals surface area contributed by atoms with Gasteiger partial charge in [0.25, 0.3) is 0 Å². The molecule has 4 heteroatoms. The highest BCUT2D eigenvalue weighted by Crippen LogP contribution is 2.24. The zero-order chi connectivity index (χ0) is 13.9. The van der Waals surface area contributed by atoms with E-state index in [9.17, 15) is 0 Å². The Balaban J connectivity index is 1.69. The standard InChI is InChI=1S/C16H26N4/c1-13-4-9-19(10-5-13)15-3-8-17-16(18-15)20-11-6-14(2)7-12-20/h3,8,13-14H,4-7,9-12H2,1-2H3. The van der Waals surface area contributed by atoms with Gasteiger partial charge in [-0.3, -0.25) is 0 Å². The molecule has 0 aromatic carbocycles. The van der Waals surface area contributed by atoms with Crippen LogP contribution in [-0.4, -0.2) is 36.1 Å². The highest BCUT2D eigenvalue weighted by molar-refractivity contribution is 5.44. The van der Waals surface area contributed by atoms with Gasteiger partial charge >= 0.3 is 0 Å². The summed E-state index contributed by atoms with van der Waals surface area (Å²) >= 11 is 0. The Kier molecular flexibility index (Phi) is 4.08. The zero-order valence-electron chi connectivity index (χ0n) is 12.8. The van der Waals surface area contributed by atoms with Crippen LogP contribution in [0.3, 0.4) is 0 Å². The zero-order valence-corrected chi connectivity index (χ0v) is 12.8. The molecule has 110 valence electrons. The average Bonchev–Trinajstić information content (AvgIpc) is 2.49. The van der Waals surface area contributed by atoms with Crippen molar-refractivity contribution >= 4 is 11.8 Å². The molecule has 0 spiro atoms. The quantitative estimate of drug-likeness (QED) is 0.830. The maximum Gasteiger partial charge on any atom is 0.227 e. The maximum atomic E-state index is 4.81. The third-order valence-electron chi connectivity index (χ3n) is 4.80. The highest BCUT2D eigenvalue weighted by Gasteiger charge is 2.20. The molecule has 0 atom stereocenters. The lowest BCUT2D eigenvalue weighted by Gasteiger charge is -2.33. The van der Waals surface area contributed by atoms with E-state index in [1.54, 1.807) is 0 Å². The van der Waals surface area contributed by atoms with Gasteiger partial charge in [0, 0.05) is 32.4 Å². The van der Waals surface area contributed by atoms with E-state index in [-0.39, 0.29) is 0 Å². The number of aromatic nitrogens is 2. The van der Waals surface area contributed by atoms with Crippen LogP contribution in [0.15, 0.2) is 12.3 Å². The molecule has 2 fully saturated rings. The van der Waals surface area contributed by atoms with E-state index in [2.05, 4.69) is 34.7 Å². The highest BCUT2D eigenvalue weighted by atomic mass is 15.3. The Hall–Kier alpha value is -1.32. The van der Waals surface area contributed by atoms with E-state index in [1.807, 2.05) is 6.20 Å². The first-order valence-corrected chi connectivity index (χ1v) is 8.05. The Labute approximate surface area is 122 Å². The predicted molar refractivity (Wildman–Crippen MR) is 83.3 cm³/mol. The van der Waals surface area contributed by atoms with Gasteiger partial charge in [0.2, 0.25) is 5.95 Å². The number of rotatable bonds is 2. The average molecular weight is 274 g/mol. The molecule has 2 aliphatic heterocycles. The van der Waals surface area contributed by atoms with E-state index >= 15 is 0 Å².